The standard InChI is InChI=1S/C28H20F6S2/c1-17-9-11-25(23(13-17)19-5-3-7-21(15-19)27(29,30)31)35-36-26-12-10-18(2)14-24(26)20-6-4-8-22(16-20)28(32,33)34/h3-16H,1-2H3. The zero-order valence-corrected chi connectivity index (χ0v) is 20.8. The normalized spacial score (nSPS) is 12.1. The average molecular weight is 535 g/mol. The maximum Gasteiger partial charge on any atom is 0.416 e. The Morgan fingerprint density at radius 3 is 1.25 bits per heavy atom. The van der Waals surface area contributed by atoms with E-state index in [0.29, 0.717) is 22.3 Å². The molecule has 0 spiro atoms. The highest BCUT2D eigenvalue weighted by Gasteiger charge is 2.31. The fourth-order valence-corrected chi connectivity index (χ4v) is 6.07. The summed E-state index contributed by atoms with van der Waals surface area (Å²) in [6.07, 6.45) is -8.91. The second-order valence-corrected chi connectivity index (χ2v) is 10.5. The van der Waals surface area contributed by atoms with Crippen LogP contribution in [0.15, 0.2) is 94.7 Å². The van der Waals surface area contributed by atoms with Crippen molar-refractivity contribution < 1.29 is 26.3 Å². The van der Waals surface area contributed by atoms with Crippen LogP contribution in [0, 0.1) is 13.8 Å². The minimum absolute atomic E-state index is 0.443. The van der Waals surface area contributed by atoms with Crippen LogP contribution in [0.2, 0.25) is 0 Å². The van der Waals surface area contributed by atoms with Gasteiger partial charge in [0.25, 0.3) is 0 Å². The number of aryl methyl sites for hydroxylation is 2. The molecule has 8 heteroatoms. The fourth-order valence-electron chi connectivity index (χ4n) is 3.70. The van der Waals surface area contributed by atoms with E-state index in [1.165, 1.54) is 33.7 Å². The summed E-state index contributed by atoms with van der Waals surface area (Å²) in [6.45, 7) is 3.73. The number of hydrogen-bond donors (Lipinski definition) is 0. The Morgan fingerprint density at radius 1 is 0.500 bits per heavy atom. The molecule has 0 aliphatic heterocycles. The van der Waals surface area contributed by atoms with Gasteiger partial charge < -0.3 is 0 Å². The molecule has 0 aliphatic carbocycles. The molecular formula is C28H20F6S2. The van der Waals surface area contributed by atoms with Crippen molar-refractivity contribution in [2.24, 2.45) is 0 Å². The van der Waals surface area contributed by atoms with Crippen molar-refractivity contribution in [1.29, 1.82) is 0 Å². The van der Waals surface area contributed by atoms with Crippen molar-refractivity contribution in [2.75, 3.05) is 0 Å². The van der Waals surface area contributed by atoms with Gasteiger partial charge in [-0.3, -0.25) is 0 Å². The van der Waals surface area contributed by atoms with E-state index in [0.717, 1.165) is 45.2 Å². The molecule has 0 nitrogen and oxygen atoms in total. The van der Waals surface area contributed by atoms with Crippen LogP contribution in [0.25, 0.3) is 22.3 Å². The Bertz CT molecular complexity index is 1280. The predicted octanol–water partition coefficient (Wildman–Crippen LogP) is 10.5. The molecule has 4 aromatic carbocycles. The Balaban J connectivity index is 1.70. The van der Waals surface area contributed by atoms with E-state index >= 15 is 0 Å². The summed E-state index contributed by atoms with van der Waals surface area (Å²) >= 11 is 0. The van der Waals surface area contributed by atoms with Gasteiger partial charge in [-0.05, 0) is 72.5 Å². The fraction of sp³-hybridized carbons (Fsp3) is 0.143. The smallest absolute Gasteiger partial charge is 0.166 e. The van der Waals surface area contributed by atoms with E-state index in [2.05, 4.69) is 0 Å². The van der Waals surface area contributed by atoms with Crippen molar-refractivity contribution in [3.8, 4) is 22.3 Å². The lowest BCUT2D eigenvalue weighted by molar-refractivity contribution is -0.138. The molecule has 0 bridgehead atoms. The number of benzene rings is 4. The Labute approximate surface area is 213 Å². The molecule has 0 atom stereocenters. The van der Waals surface area contributed by atoms with Crippen LogP contribution in [0.3, 0.4) is 0 Å². The first-order valence-electron chi connectivity index (χ1n) is 10.8. The SMILES string of the molecule is Cc1ccc(SSc2ccc(C)cc2-c2cccc(C(F)(F)F)c2)c(-c2cccc(C(F)(F)F)c2)c1. The lowest BCUT2D eigenvalue weighted by Crippen LogP contribution is -2.04. The number of hydrogen-bond acceptors (Lipinski definition) is 2. The predicted molar refractivity (Wildman–Crippen MR) is 135 cm³/mol. The first-order valence-corrected chi connectivity index (χ1v) is 13.0. The van der Waals surface area contributed by atoms with E-state index in [1.54, 1.807) is 12.1 Å². The summed E-state index contributed by atoms with van der Waals surface area (Å²) in [5.74, 6) is 0. The first kappa shape index (κ1) is 26.2. The van der Waals surface area contributed by atoms with E-state index in [1.807, 2.05) is 50.2 Å². The van der Waals surface area contributed by atoms with Crippen molar-refractivity contribution in [3.63, 3.8) is 0 Å². The van der Waals surface area contributed by atoms with E-state index in [-0.39, 0.29) is 0 Å². The van der Waals surface area contributed by atoms with Gasteiger partial charge in [-0.1, -0.05) is 81.2 Å². The minimum atomic E-state index is -4.45. The Morgan fingerprint density at radius 2 is 0.889 bits per heavy atom. The molecule has 4 aromatic rings. The van der Waals surface area contributed by atoms with E-state index < -0.39 is 23.5 Å². The number of alkyl halides is 6. The second kappa shape index (κ2) is 10.3. The average Bonchev–Trinajstić information content (AvgIpc) is 2.83. The van der Waals surface area contributed by atoms with Gasteiger partial charge in [0.05, 0.1) is 11.1 Å². The molecule has 0 amide bonds. The molecule has 0 fully saturated rings. The maximum absolute atomic E-state index is 13.3. The molecule has 0 saturated heterocycles. The highest BCUT2D eigenvalue weighted by atomic mass is 33.1. The molecule has 0 saturated carbocycles. The molecule has 0 heterocycles. The summed E-state index contributed by atoms with van der Waals surface area (Å²) in [4.78, 5) is 1.50. The van der Waals surface area contributed by atoms with Gasteiger partial charge in [0.15, 0.2) is 0 Å². The van der Waals surface area contributed by atoms with Crippen LogP contribution in [0.5, 0.6) is 0 Å². The molecule has 4 rings (SSSR count). The van der Waals surface area contributed by atoms with Crippen molar-refractivity contribution in [2.45, 2.75) is 36.0 Å². The van der Waals surface area contributed by atoms with Crippen LogP contribution < -0.4 is 0 Å². The van der Waals surface area contributed by atoms with E-state index in [9.17, 15) is 26.3 Å². The molecule has 36 heavy (non-hydrogen) atoms. The third-order valence-corrected chi connectivity index (χ3v) is 7.97. The maximum atomic E-state index is 13.3. The molecule has 0 N–H and O–H groups in total. The van der Waals surface area contributed by atoms with Gasteiger partial charge in [-0.15, -0.1) is 0 Å². The zero-order valence-electron chi connectivity index (χ0n) is 19.2. The van der Waals surface area contributed by atoms with Gasteiger partial charge in [0.2, 0.25) is 0 Å². The van der Waals surface area contributed by atoms with Gasteiger partial charge in [-0.25, -0.2) is 0 Å². The second-order valence-electron chi connectivity index (χ2n) is 8.32. The largest absolute Gasteiger partial charge is 0.416 e. The molecule has 0 aromatic heterocycles. The van der Waals surface area contributed by atoms with Crippen LogP contribution in [0.4, 0.5) is 26.3 Å². The van der Waals surface area contributed by atoms with Crippen LogP contribution in [-0.4, -0.2) is 0 Å². The highest BCUT2D eigenvalue weighted by Crippen LogP contribution is 2.46. The topological polar surface area (TPSA) is 0 Å². The molecule has 0 unspecified atom stereocenters. The van der Waals surface area contributed by atoms with Gasteiger partial charge in [0.1, 0.15) is 0 Å². The van der Waals surface area contributed by atoms with Crippen LogP contribution >= 0.6 is 21.6 Å². The summed E-state index contributed by atoms with van der Waals surface area (Å²) in [5, 5.41) is 0. The third kappa shape index (κ3) is 6.10. The summed E-state index contributed by atoms with van der Waals surface area (Å²) in [6, 6.07) is 21.5. The third-order valence-electron chi connectivity index (χ3n) is 5.49. The van der Waals surface area contributed by atoms with Crippen molar-refractivity contribution in [3.05, 3.63) is 107 Å². The first-order chi connectivity index (χ1) is 16.9. The Kier molecular flexibility index (Phi) is 7.48. The van der Waals surface area contributed by atoms with Crippen LogP contribution in [-0.2, 0) is 12.4 Å². The molecule has 0 radical (unpaired) electrons. The minimum Gasteiger partial charge on any atom is -0.166 e. The molecule has 186 valence electrons. The monoisotopic (exact) mass is 534 g/mol. The molecule has 0 aliphatic rings. The summed E-state index contributed by atoms with van der Waals surface area (Å²) < 4.78 is 79.8. The van der Waals surface area contributed by atoms with Crippen molar-refractivity contribution >= 4 is 21.6 Å². The lowest BCUT2D eigenvalue weighted by Gasteiger charge is -2.15. The summed E-state index contributed by atoms with van der Waals surface area (Å²) in [5.41, 5.74) is 2.55. The highest BCUT2D eigenvalue weighted by molar-refractivity contribution is 8.76. The summed E-state index contributed by atoms with van der Waals surface area (Å²) in [7, 11) is 2.71. The van der Waals surface area contributed by atoms with Gasteiger partial charge >= 0.3 is 12.4 Å². The molecular weight excluding hydrogens is 514 g/mol. The number of halogens is 6. The quantitative estimate of drug-likeness (QED) is 0.185. The number of rotatable bonds is 5. The van der Waals surface area contributed by atoms with Crippen LogP contribution in [0.1, 0.15) is 22.3 Å². The zero-order chi connectivity index (χ0) is 26.1. The van der Waals surface area contributed by atoms with Gasteiger partial charge in [-0.2, -0.15) is 26.3 Å². The van der Waals surface area contributed by atoms with Crippen molar-refractivity contribution in [1.82, 2.24) is 0 Å². The Hall–Kier alpha value is -2.84. The van der Waals surface area contributed by atoms with Gasteiger partial charge in [0, 0.05) is 9.79 Å². The lowest BCUT2D eigenvalue weighted by atomic mass is 10.0. The van der Waals surface area contributed by atoms with E-state index in [4.69, 9.17) is 0 Å².